The molecule has 0 bridgehead atoms. The maximum absolute atomic E-state index is 12.1. The zero-order valence-electron chi connectivity index (χ0n) is 11.5. The molecule has 0 saturated carbocycles. The summed E-state index contributed by atoms with van der Waals surface area (Å²) in [5.41, 5.74) is 0.901. The predicted molar refractivity (Wildman–Crippen MR) is 75.2 cm³/mol. The summed E-state index contributed by atoms with van der Waals surface area (Å²) in [6, 6.07) is 8.45. The first kappa shape index (κ1) is 14.5. The maximum atomic E-state index is 12.1. The molecule has 1 aliphatic rings. The Hall–Kier alpha value is -1.88. The molecular formula is C15H20N2O3. The highest BCUT2D eigenvalue weighted by molar-refractivity contribution is 5.85. The van der Waals surface area contributed by atoms with Crippen LogP contribution < -0.4 is 10.6 Å². The van der Waals surface area contributed by atoms with Crippen molar-refractivity contribution in [2.45, 2.75) is 19.4 Å². The minimum atomic E-state index is -0.999. The molecule has 1 heterocycles. The summed E-state index contributed by atoms with van der Waals surface area (Å²) in [4.78, 5) is 23.5. The number of hydrogen-bond donors (Lipinski definition) is 3. The third kappa shape index (κ3) is 3.57. The fourth-order valence-electron chi connectivity index (χ4n) is 2.49. The van der Waals surface area contributed by atoms with E-state index in [1.807, 2.05) is 37.3 Å². The van der Waals surface area contributed by atoms with E-state index in [9.17, 15) is 14.7 Å². The standard InChI is InChI=1S/C15H20N2O3/c1-10-8-16-9-12(10)14(18)17-13(15(19)20)7-11-5-3-2-4-6-11/h2-6,10,12-13,16H,7-9H2,1H3,(H,17,18)(H,19,20)/t10-,12-,13+/m1/s1. The van der Waals surface area contributed by atoms with Gasteiger partial charge in [0, 0.05) is 13.0 Å². The molecule has 3 atom stereocenters. The van der Waals surface area contributed by atoms with E-state index in [2.05, 4.69) is 10.6 Å². The molecule has 0 unspecified atom stereocenters. The van der Waals surface area contributed by atoms with Gasteiger partial charge in [0.1, 0.15) is 6.04 Å². The normalized spacial score (nSPS) is 23.2. The van der Waals surface area contributed by atoms with Crippen molar-refractivity contribution in [3.8, 4) is 0 Å². The van der Waals surface area contributed by atoms with Crippen LogP contribution in [0.15, 0.2) is 30.3 Å². The highest BCUT2D eigenvalue weighted by Gasteiger charge is 2.32. The highest BCUT2D eigenvalue weighted by Crippen LogP contribution is 2.16. The number of carboxylic acid groups (broad SMARTS) is 1. The Labute approximate surface area is 118 Å². The predicted octanol–water partition coefficient (Wildman–Crippen LogP) is 0.654. The van der Waals surface area contributed by atoms with E-state index in [-0.39, 0.29) is 17.7 Å². The van der Waals surface area contributed by atoms with Gasteiger partial charge in [-0.1, -0.05) is 37.3 Å². The lowest BCUT2D eigenvalue weighted by Crippen LogP contribution is -2.46. The molecule has 5 nitrogen and oxygen atoms in total. The van der Waals surface area contributed by atoms with Crippen molar-refractivity contribution in [3.63, 3.8) is 0 Å². The van der Waals surface area contributed by atoms with Gasteiger partial charge in [-0.15, -0.1) is 0 Å². The van der Waals surface area contributed by atoms with Gasteiger partial charge in [-0.2, -0.15) is 0 Å². The zero-order chi connectivity index (χ0) is 14.5. The lowest BCUT2D eigenvalue weighted by atomic mass is 9.96. The molecule has 2 rings (SSSR count). The second-order valence-electron chi connectivity index (χ2n) is 5.33. The Bertz CT molecular complexity index is 475. The van der Waals surface area contributed by atoms with E-state index in [1.54, 1.807) is 0 Å². The number of carboxylic acids is 1. The first-order chi connectivity index (χ1) is 9.58. The number of aliphatic carboxylic acids is 1. The largest absolute Gasteiger partial charge is 0.480 e. The molecule has 108 valence electrons. The Morgan fingerprint density at radius 3 is 2.60 bits per heavy atom. The number of carbonyl (C=O) groups excluding carboxylic acids is 1. The maximum Gasteiger partial charge on any atom is 0.326 e. The van der Waals surface area contributed by atoms with Crippen molar-refractivity contribution in [2.75, 3.05) is 13.1 Å². The topological polar surface area (TPSA) is 78.4 Å². The van der Waals surface area contributed by atoms with Crippen LogP contribution in [0.1, 0.15) is 12.5 Å². The first-order valence-electron chi connectivity index (χ1n) is 6.85. The van der Waals surface area contributed by atoms with Crippen LogP contribution in [-0.2, 0) is 16.0 Å². The van der Waals surface area contributed by atoms with Crippen LogP contribution in [0, 0.1) is 11.8 Å². The van der Waals surface area contributed by atoms with Crippen molar-refractivity contribution < 1.29 is 14.7 Å². The number of nitrogens with one attached hydrogen (secondary N) is 2. The zero-order valence-corrected chi connectivity index (χ0v) is 11.5. The van der Waals surface area contributed by atoms with Crippen molar-refractivity contribution >= 4 is 11.9 Å². The smallest absolute Gasteiger partial charge is 0.326 e. The van der Waals surface area contributed by atoms with Crippen molar-refractivity contribution in [2.24, 2.45) is 11.8 Å². The summed E-state index contributed by atoms with van der Waals surface area (Å²) >= 11 is 0. The fraction of sp³-hybridized carbons (Fsp3) is 0.467. The molecule has 20 heavy (non-hydrogen) atoms. The van der Waals surface area contributed by atoms with Gasteiger partial charge in [-0.3, -0.25) is 4.79 Å². The van der Waals surface area contributed by atoms with Crippen molar-refractivity contribution in [1.82, 2.24) is 10.6 Å². The van der Waals surface area contributed by atoms with Gasteiger partial charge in [0.15, 0.2) is 0 Å². The summed E-state index contributed by atoms with van der Waals surface area (Å²) < 4.78 is 0. The Balaban J connectivity index is 1.99. The van der Waals surface area contributed by atoms with Gasteiger partial charge in [0.2, 0.25) is 5.91 Å². The summed E-state index contributed by atoms with van der Waals surface area (Å²) in [6.07, 6.45) is 0.302. The van der Waals surface area contributed by atoms with Gasteiger partial charge in [-0.25, -0.2) is 4.79 Å². The number of rotatable bonds is 5. The Morgan fingerprint density at radius 2 is 2.05 bits per heavy atom. The minimum absolute atomic E-state index is 0.146. The highest BCUT2D eigenvalue weighted by atomic mass is 16.4. The lowest BCUT2D eigenvalue weighted by Gasteiger charge is -2.19. The number of benzene rings is 1. The summed E-state index contributed by atoms with van der Waals surface area (Å²) in [5, 5.41) is 15.1. The Kier molecular flexibility index (Phi) is 4.74. The Morgan fingerprint density at radius 1 is 1.35 bits per heavy atom. The molecule has 0 aliphatic carbocycles. The molecule has 1 fully saturated rings. The van der Waals surface area contributed by atoms with E-state index in [0.717, 1.165) is 12.1 Å². The summed E-state index contributed by atoms with van der Waals surface area (Å²) in [5.74, 6) is -1.08. The van der Waals surface area contributed by atoms with Crippen LogP contribution in [-0.4, -0.2) is 36.1 Å². The molecule has 0 radical (unpaired) electrons. The van der Waals surface area contributed by atoms with Gasteiger partial charge in [0.25, 0.3) is 0 Å². The molecule has 0 aromatic heterocycles. The molecule has 0 spiro atoms. The van der Waals surface area contributed by atoms with E-state index in [1.165, 1.54) is 0 Å². The number of amides is 1. The molecule has 1 aliphatic heterocycles. The molecule has 1 saturated heterocycles. The van der Waals surface area contributed by atoms with Crippen LogP contribution in [0.4, 0.5) is 0 Å². The third-order valence-electron chi connectivity index (χ3n) is 3.75. The van der Waals surface area contributed by atoms with Crippen LogP contribution in [0.25, 0.3) is 0 Å². The minimum Gasteiger partial charge on any atom is -0.480 e. The quantitative estimate of drug-likeness (QED) is 0.738. The summed E-state index contributed by atoms with van der Waals surface area (Å²) in [7, 11) is 0. The number of carbonyl (C=O) groups is 2. The van der Waals surface area contributed by atoms with E-state index < -0.39 is 12.0 Å². The molecule has 5 heteroatoms. The van der Waals surface area contributed by atoms with Crippen LogP contribution in [0.2, 0.25) is 0 Å². The fourth-order valence-corrected chi connectivity index (χ4v) is 2.49. The van der Waals surface area contributed by atoms with Crippen LogP contribution in [0.3, 0.4) is 0 Å². The van der Waals surface area contributed by atoms with Crippen molar-refractivity contribution in [3.05, 3.63) is 35.9 Å². The first-order valence-corrected chi connectivity index (χ1v) is 6.85. The summed E-state index contributed by atoms with van der Waals surface area (Å²) in [6.45, 7) is 3.41. The van der Waals surface area contributed by atoms with Gasteiger partial charge < -0.3 is 15.7 Å². The molecule has 1 aromatic rings. The van der Waals surface area contributed by atoms with Gasteiger partial charge >= 0.3 is 5.97 Å². The van der Waals surface area contributed by atoms with Crippen LogP contribution >= 0.6 is 0 Å². The average molecular weight is 276 g/mol. The van der Waals surface area contributed by atoms with E-state index in [4.69, 9.17) is 0 Å². The second-order valence-corrected chi connectivity index (χ2v) is 5.33. The van der Waals surface area contributed by atoms with E-state index in [0.29, 0.717) is 13.0 Å². The van der Waals surface area contributed by atoms with Crippen LogP contribution in [0.5, 0.6) is 0 Å². The second kappa shape index (κ2) is 6.52. The van der Waals surface area contributed by atoms with E-state index >= 15 is 0 Å². The lowest BCUT2D eigenvalue weighted by molar-refractivity contribution is -0.142. The van der Waals surface area contributed by atoms with Gasteiger partial charge in [0.05, 0.1) is 5.92 Å². The van der Waals surface area contributed by atoms with Crippen molar-refractivity contribution in [1.29, 1.82) is 0 Å². The van der Waals surface area contributed by atoms with Gasteiger partial charge in [-0.05, 0) is 18.0 Å². The average Bonchev–Trinajstić information content (AvgIpc) is 2.85. The monoisotopic (exact) mass is 276 g/mol. The molecule has 1 amide bonds. The third-order valence-corrected chi connectivity index (χ3v) is 3.75. The molecule has 1 aromatic carbocycles. The SMILES string of the molecule is C[C@@H]1CNC[C@H]1C(=O)N[C@@H](Cc1ccccc1)C(=O)O. The number of hydrogen-bond acceptors (Lipinski definition) is 3. The molecule has 3 N–H and O–H groups in total. The molecular weight excluding hydrogens is 256 g/mol.